The SMILES string of the molecule is O=C([O-])c1ccccc1.O=C([O-])c1ccccc1.O=C([O-])c1ccccc1.O=C([O-])c1ccccc1.O=C([O-])c1ccccc1.O=C([O-])c1ccccc1.[W+6]. The third-order valence-electron chi connectivity index (χ3n) is 6.06. The predicted octanol–water partition coefficient (Wildman–Crippen LogP) is 0.298. The summed E-state index contributed by atoms with van der Waals surface area (Å²) >= 11 is 0. The van der Waals surface area contributed by atoms with Crippen molar-refractivity contribution in [2.24, 2.45) is 0 Å². The molecule has 55 heavy (non-hydrogen) atoms. The first-order valence-electron chi connectivity index (χ1n) is 15.4. The number of benzene rings is 6. The van der Waals surface area contributed by atoms with Crippen LogP contribution in [0.25, 0.3) is 0 Å². The van der Waals surface area contributed by atoms with Crippen molar-refractivity contribution in [3.05, 3.63) is 215 Å². The fourth-order valence-corrected chi connectivity index (χ4v) is 3.45. The summed E-state index contributed by atoms with van der Waals surface area (Å²) in [6, 6.07) is 48.4. The maximum absolute atomic E-state index is 10.1. The van der Waals surface area contributed by atoms with Crippen molar-refractivity contribution >= 4 is 35.8 Å². The van der Waals surface area contributed by atoms with E-state index >= 15 is 0 Å². The van der Waals surface area contributed by atoms with E-state index in [4.69, 9.17) is 0 Å². The molecule has 276 valence electrons. The zero-order valence-electron chi connectivity index (χ0n) is 28.6. The topological polar surface area (TPSA) is 241 Å². The van der Waals surface area contributed by atoms with E-state index in [-0.39, 0.29) is 54.4 Å². The van der Waals surface area contributed by atoms with Gasteiger partial charge in [-0.1, -0.05) is 182 Å². The standard InChI is InChI=1S/6C7H6O2.W/c6*8-7(9)6-4-2-1-3-5-6;/h6*1-5H,(H,8,9);/q;;;;;;+6/p-6. The van der Waals surface area contributed by atoms with Crippen LogP contribution < -0.4 is 30.6 Å². The minimum Gasteiger partial charge on any atom is -0.545 e. The fraction of sp³-hybridized carbons (Fsp3) is 0. The summed E-state index contributed by atoms with van der Waals surface area (Å²) < 4.78 is 0. The first-order valence-corrected chi connectivity index (χ1v) is 15.4. The van der Waals surface area contributed by atoms with Gasteiger partial charge in [0, 0.05) is 0 Å². The van der Waals surface area contributed by atoms with Crippen molar-refractivity contribution in [1.29, 1.82) is 0 Å². The molecule has 13 heteroatoms. The summed E-state index contributed by atoms with van der Waals surface area (Å²) in [6.07, 6.45) is 0. The number of carbonyl (C=O) groups is 6. The molecule has 0 fully saturated rings. The van der Waals surface area contributed by atoms with Crippen LogP contribution in [0.1, 0.15) is 62.1 Å². The molecule has 0 N–H and O–H groups in total. The Morgan fingerprint density at radius 1 is 0.218 bits per heavy atom. The van der Waals surface area contributed by atoms with Crippen molar-refractivity contribution in [2.45, 2.75) is 0 Å². The predicted molar refractivity (Wildman–Crippen MR) is 185 cm³/mol. The van der Waals surface area contributed by atoms with E-state index in [2.05, 4.69) is 0 Å². The number of carboxylic acids is 6. The molecule has 0 aliphatic carbocycles. The third kappa shape index (κ3) is 22.4. The van der Waals surface area contributed by atoms with E-state index in [0.717, 1.165) is 0 Å². The molecule has 0 spiro atoms. The van der Waals surface area contributed by atoms with Gasteiger partial charge in [0.25, 0.3) is 0 Å². The maximum atomic E-state index is 10.1. The van der Waals surface area contributed by atoms with E-state index in [0.29, 0.717) is 0 Å². The Bertz CT molecular complexity index is 1610. The second kappa shape index (κ2) is 28.4. The fourth-order valence-electron chi connectivity index (χ4n) is 3.45. The van der Waals surface area contributed by atoms with Gasteiger partial charge >= 0.3 is 21.1 Å². The molecule has 0 bridgehead atoms. The molecule has 0 aromatic heterocycles. The normalized spacial score (nSPS) is 8.73. The van der Waals surface area contributed by atoms with Gasteiger partial charge in [0.15, 0.2) is 0 Å². The van der Waals surface area contributed by atoms with Gasteiger partial charge in [-0.05, 0) is 33.4 Å². The molecule has 0 aliphatic heterocycles. The van der Waals surface area contributed by atoms with Crippen molar-refractivity contribution in [3.63, 3.8) is 0 Å². The minimum atomic E-state index is -1.13. The molecule has 0 amide bonds. The van der Waals surface area contributed by atoms with Gasteiger partial charge in [0.2, 0.25) is 0 Å². The van der Waals surface area contributed by atoms with E-state index in [1.807, 2.05) is 0 Å². The Morgan fingerprint density at radius 3 is 0.364 bits per heavy atom. The smallest absolute Gasteiger partial charge is 0.545 e. The molecule has 6 aromatic carbocycles. The van der Waals surface area contributed by atoms with E-state index in [9.17, 15) is 59.4 Å². The van der Waals surface area contributed by atoms with Gasteiger partial charge in [0.05, 0.1) is 35.8 Å². The Balaban J connectivity index is 0.000000634. The van der Waals surface area contributed by atoms with Crippen molar-refractivity contribution < 1.29 is 80.5 Å². The number of aromatic carboxylic acids is 6. The van der Waals surface area contributed by atoms with E-state index in [1.165, 1.54) is 72.8 Å². The largest absolute Gasteiger partial charge is 6.00 e. The molecule has 0 saturated heterocycles. The number of carboxylic acid groups (broad SMARTS) is 6. The number of rotatable bonds is 6. The molecule has 0 saturated carbocycles. The van der Waals surface area contributed by atoms with Crippen LogP contribution in [0.3, 0.4) is 0 Å². The summed E-state index contributed by atoms with van der Waals surface area (Å²) in [7, 11) is 0. The van der Waals surface area contributed by atoms with Crippen LogP contribution in [0.5, 0.6) is 0 Å². The Morgan fingerprint density at radius 2 is 0.309 bits per heavy atom. The number of hydrogen-bond donors (Lipinski definition) is 0. The maximum Gasteiger partial charge on any atom is 6.00 e. The number of carbonyl (C=O) groups excluding carboxylic acids is 6. The van der Waals surface area contributed by atoms with Crippen LogP contribution in [0.4, 0.5) is 0 Å². The van der Waals surface area contributed by atoms with Gasteiger partial charge < -0.3 is 59.4 Å². The molecule has 0 atom stereocenters. The molecule has 0 aliphatic rings. The second-order valence-corrected chi connectivity index (χ2v) is 9.92. The zero-order valence-corrected chi connectivity index (χ0v) is 31.6. The second-order valence-electron chi connectivity index (χ2n) is 9.92. The van der Waals surface area contributed by atoms with Crippen molar-refractivity contribution in [3.8, 4) is 0 Å². The Labute approximate surface area is 330 Å². The van der Waals surface area contributed by atoms with Crippen molar-refractivity contribution in [1.82, 2.24) is 0 Å². The molecule has 6 aromatic rings. The Kier molecular flexibility index (Phi) is 24.7. The van der Waals surface area contributed by atoms with E-state index < -0.39 is 35.8 Å². The average Bonchev–Trinajstić information content (AvgIpc) is 3.21. The molecule has 6 rings (SSSR count). The molecule has 0 radical (unpaired) electrons. The molecule has 12 nitrogen and oxygen atoms in total. The summed E-state index contributed by atoms with van der Waals surface area (Å²) in [6.45, 7) is 0. The van der Waals surface area contributed by atoms with Crippen LogP contribution in [0, 0.1) is 0 Å². The first kappa shape index (κ1) is 47.8. The quantitative estimate of drug-likeness (QED) is 0.219. The molecular formula is C42H30O12W. The first-order chi connectivity index (χ1) is 25.8. The molecule has 0 unspecified atom stereocenters. The minimum absolute atomic E-state index is 0. The number of hydrogen-bond acceptors (Lipinski definition) is 12. The summed E-state index contributed by atoms with van der Waals surface area (Å²) in [5, 5.41) is 60.5. The zero-order chi connectivity index (χ0) is 40.1. The average molecular weight is 911 g/mol. The summed E-state index contributed by atoms with van der Waals surface area (Å²) in [5.74, 6) is -6.77. The molecule has 0 heterocycles. The van der Waals surface area contributed by atoms with Crippen LogP contribution in [0.15, 0.2) is 182 Å². The van der Waals surface area contributed by atoms with Gasteiger partial charge in [-0.2, -0.15) is 0 Å². The van der Waals surface area contributed by atoms with Gasteiger partial charge in [-0.25, -0.2) is 0 Å². The third-order valence-corrected chi connectivity index (χ3v) is 6.06. The van der Waals surface area contributed by atoms with Crippen molar-refractivity contribution in [2.75, 3.05) is 0 Å². The van der Waals surface area contributed by atoms with Crippen LogP contribution in [-0.4, -0.2) is 35.8 Å². The van der Waals surface area contributed by atoms with Crippen LogP contribution >= 0.6 is 0 Å². The van der Waals surface area contributed by atoms with E-state index in [1.54, 1.807) is 109 Å². The monoisotopic (exact) mass is 910 g/mol. The van der Waals surface area contributed by atoms with Gasteiger partial charge in [0.1, 0.15) is 0 Å². The summed E-state index contributed by atoms with van der Waals surface area (Å²) in [4.78, 5) is 60.5. The van der Waals surface area contributed by atoms with Crippen LogP contribution in [0.2, 0.25) is 0 Å². The summed E-state index contributed by atoms with van der Waals surface area (Å²) in [5.41, 5.74) is 1.32. The van der Waals surface area contributed by atoms with Crippen LogP contribution in [-0.2, 0) is 21.1 Å². The molecular weight excluding hydrogens is 880 g/mol. The Hall–Kier alpha value is -7.17. The van der Waals surface area contributed by atoms with Gasteiger partial charge in [-0.3, -0.25) is 0 Å². The van der Waals surface area contributed by atoms with Gasteiger partial charge in [-0.15, -0.1) is 0 Å².